The van der Waals surface area contributed by atoms with Gasteiger partial charge in [-0.1, -0.05) is 0 Å². The Morgan fingerprint density at radius 3 is 2.44 bits per heavy atom. The first-order valence-electron chi connectivity index (χ1n) is 8.02. The highest BCUT2D eigenvalue weighted by atomic mass is 32.2. The van der Waals surface area contributed by atoms with Gasteiger partial charge in [0.2, 0.25) is 10.0 Å². The summed E-state index contributed by atoms with van der Waals surface area (Å²) in [4.78, 5) is 12.3. The zero-order valence-corrected chi connectivity index (χ0v) is 15.6. The number of nitrogens with zero attached hydrogens (tertiary/aromatic N) is 1. The molecule has 0 bridgehead atoms. The molecule has 0 spiro atoms. The van der Waals surface area contributed by atoms with Gasteiger partial charge >= 0.3 is 0 Å². The lowest BCUT2D eigenvalue weighted by Crippen LogP contribution is -2.30. The molecular weight excluding hydrogens is 370 g/mol. The molecule has 0 aliphatic heterocycles. The van der Waals surface area contributed by atoms with Crippen LogP contribution in [0.4, 0.5) is 5.69 Å². The average molecular weight is 389 g/mol. The predicted molar refractivity (Wildman–Crippen MR) is 98.9 cm³/mol. The van der Waals surface area contributed by atoms with E-state index in [1.54, 1.807) is 26.0 Å². The summed E-state index contributed by atoms with van der Waals surface area (Å²) in [5.74, 6) is 0.266. The number of carbonyl (C=O) groups is 1. The summed E-state index contributed by atoms with van der Waals surface area (Å²) in [5.41, 5.74) is 0.811. The molecule has 3 N–H and O–H groups in total. The van der Waals surface area contributed by atoms with Crippen molar-refractivity contribution >= 4 is 21.6 Å². The summed E-state index contributed by atoms with van der Waals surface area (Å²) in [6.45, 7) is 3.73. The maximum atomic E-state index is 12.3. The lowest BCUT2D eigenvalue weighted by molar-refractivity contribution is -0.122. The van der Waals surface area contributed by atoms with Crippen molar-refractivity contribution in [1.29, 1.82) is 5.26 Å². The number of hydrogen-bond acceptors (Lipinski definition) is 6. The van der Waals surface area contributed by atoms with Crippen molar-refractivity contribution < 1.29 is 22.7 Å². The number of nitriles is 1. The SMILES string of the molecule is CCOc1cc(C#N)ccc1O[C@H](C)C(=O)Nc1ccc(S(N)(=O)=O)cc1. The third-order valence-electron chi connectivity index (χ3n) is 3.50. The van der Waals surface area contributed by atoms with E-state index in [9.17, 15) is 13.2 Å². The van der Waals surface area contributed by atoms with Crippen LogP contribution in [-0.4, -0.2) is 27.0 Å². The van der Waals surface area contributed by atoms with Crippen LogP contribution in [0.5, 0.6) is 11.5 Å². The Hall–Kier alpha value is -3.09. The van der Waals surface area contributed by atoms with E-state index in [0.29, 0.717) is 29.4 Å². The molecular formula is C18H19N3O5S. The molecule has 0 unspecified atom stereocenters. The number of primary sulfonamides is 1. The summed E-state index contributed by atoms with van der Waals surface area (Å²) in [6, 6.07) is 12.1. The topological polar surface area (TPSA) is 132 Å². The molecule has 9 heteroatoms. The third-order valence-corrected chi connectivity index (χ3v) is 4.43. The van der Waals surface area contributed by atoms with Crippen molar-refractivity contribution in [3.05, 3.63) is 48.0 Å². The second-order valence-electron chi connectivity index (χ2n) is 5.53. The normalized spacial score (nSPS) is 11.9. The number of amides is 1. The van der Waals surface area contributed by atoms with Crippen LogP contribution in [0.3, 0.4) is 0 Å². The zero-order chi connectivity index (χ0) is 20.0. The molecule has 142 valence electrons. The molecule has 1 amide bonds. The van der Waals surface area contributed by atoms with Gasteiger partial charge in [-0.05, 0) is 50.2 Å². The van der Waals surface area contributed by atoms with Crippen LogP contribution < -0.4 is 19.9 Å². The van der Waals surface area contributed by atoms with Gasteiger partial charge in [0, 0.05) is 11.8 Å². The van der Waals surface area contributed by atoms with E-state index in [1.807, 2.05) is 6.07 Å². The maximum Gasteiger partial charge on any atom is 0.265 e. The number of nitrogens with two attached hydrogens (primary N) is 1. The predicted octanol–water partition coefficient (Wildman–Crippen LogP) is 2.01. The number of rotatable bonds is 7. The van der Waals surface area contributed by atoms with E-state index in [0.717, 1.165) is 0 Å². The minimum atomic E-state index is -3.80. The van der Waals surface area contributed by atoms with Gasteiger partial charge in [0.1, 0.15) is 0 Å². The molecule has 2 aromatic carbocycles. The molecule has 0 aliphatic rings. The molecule has 0 aromatic heterocycles. The molecule has 8 nitrogen and oxygen atoms in total. The molecule has 0 heterocycles. The quantitative estimate of drug-likeness (QED) is 0.744. The van der Waals surface area contributed by atoms with E-state index in [1.165, 1.54) is 30.3 Å². The van der Waals surface area contributed by atoms with Crippen molar-refractivity contribution in [2.45, 2.75) is 24.8 Å². The first-order chi connectivity index (χ1) is 12.7. The Morgan fingerprint density at radius 2 is 1.89 bits per heavy atom. The van der Waals surface area contributed by atoms with E-state index < -0.39 is 22.0 Å². The van der Waals surface area contributed by atoms with Gasteiger partial charge in [0.25, 0.3) is 5.91 Å². The fourth-order valence-electron chi connectivity index (χ4n) is 2.16. The van der Waals surface area contributed by atoms with Crippen LogP contribution in [0.1, 0.15) is 19.4 Å². The number of nitrogens with one attached hydrogen (secondary N) is 1. The van der Waals surface area contributed by atoms with Gasteiger partial charge in [-0.2, -0.15) is 5.26 Å². The largest absolute Gasteiger partial charge is 0.490 e. The van der Waals surface area contributed by atoms with Crippen molar-refractivity contribution in [2.75, 3.05) is 11.9 Å². The van der Waals surface area contributed by atoms with Gasteiger partial charge < -0.3 is 14.8 Å². The third kappa shape index (κ3) is 5.44. The standard InChI is InChI=1S/C18H19N3O5S/c1-3-25-17-10-13(11-19)4-9-16(17)26-12(2)18(22)21-14-5-7-15(8-6-14)27(20,23)24/h4-10,12H,3H2,1-2H3,(H,21,22)(H2,20,23,24)/t12-/m1/s1. The van der Waals surface area contributed by atoms with E-state index in [4.69, 9.17) is 19.9 Å². The highest BCUT2D eigenvalue weighted by Crippen LogP contribution is 2.29. The van der Waals surface area contributed by atoms with Gasteiger partial charge in [-0.25, -0.2) is 13.6 Å². The highest BCUT2D eigenvalue weighted by Gasteiger charge is 2.18. The van der Waals surface area contributed by atoms with Gasteiger partial charge in [0.05, 0.1) is 23.1 Å². The molecule has 0 saturated carbocycles. The number of anilines is 1. The second-order valence-corrected chi connectivity index (χ2v) is 7.09. The fourth-order valence-corrected chi connectivity index (χ4v) is 2.67. The lowest BCUT2D eigenvalue weighted by Gasteiger charge is -2.17. The highest BCUT2D eigenvalue weighted by molar-refractivity contribution is 7.89. The molecule has 0 fully saturated rings. The van der Waals surface area contributed by atoms with Gasteiger partial charge in [0.15, 0.2) is 17.6 Å². The Kier molecular flexibility index (Phi) is 6.39. The lowest BCUT2D eigenvalue weighted by atomic mass is 10.2. The van der Waals surface area contributed by atoms with Crippen LogP contribution in [0.25, 0.3) is 0 Å². The molecule has 0 saturated heterocycles. The summed E-state index contributed by atoms with van der Waals surface area (Å²) in [7, 11) is -3.80. The minimum absolute atomic E-state index is 0.0521. The average Bonchev–Trinajstić information content (AvgIpc) is 2.63. The fraction of sp³-hybridized carbons (Fsp3) is 0.222. The minimum Gasteiger partial charge on any atom is -0.490 e. The molecule has 27 heavy (non-hydrogen) atoms. The maximum absolute atomic E-state index is 12.3. The van der Waals surface area contributed by atoms with Crippen LogP contribution in [0.15, 0.2) is 47.4 Å². The summed E-state index contributed by atoms with van der Waals surface area (Å²) < 4.78 is 33.6. The van der Waals surface area contributed by atoms with Gasteiger partial charge in [-0.15, -0.1) is 0 Å². The number of sulfonamides is 1. The van der Waals surface area contributed by atoms with Crippen molar-refractivity contribution in [3.8, 4) is 17.6 Å². The van der Waals surface area contributed by atoms with Crippen molar-refractivity contribution in [3.63, 3.8) is 0 Å². The van der Waals surface area contributed by atoms with E-state index in [2.05, 4.69) is 5.32 Å². The van der Waals surface area contributed by atoms with Crippen molar-refractivity contribution in [1.82, 2.24) is 0 Å². The monoisotopic (exact) mass is 389 g/mol. The van der Waals surface area contributed by atoms with Crippen LogP contribution in [0.2, 0.25) is 0 Å². The smallest absolute Gasteiger partial charge is 0.265 e. The van der Waals surface area contributed by atoms with Gasteiger partial charge in [-0.3, -0.25) is 4.79 Å². The molecule has 0 aliphatic carbocycles. The van der Waals surface area contributed by atoms with Crippen LogP contribution >= 0.6 is 0 Å². The summed E-state index contributed by atoms with van der Waals surface area (Å²) >= 11 is 0. The second kappa shape index (κ2) is 8.53. The first kappa shape index (κ1) is 20.2. The zero-order valence-electron chi connectivity index (χ0n) is 14.8. The number of hydrogen-bond donors (Lipinski definition) is 2. The Balaban J connectivity index is 2.09. The molecule has 0 radical (unpaired) electrons. The molecule has 2 aromatic rings. The Labute approximate surface area is 157 Å². The Bertz CT molecular complexity index is 965. The van der Waals surface area contributed by atoms with Crippen LogP contribution in [-0.2, 0) is 14.8 Å². The molecule has 2 rings (SSSR count). The van der Waals surface area contributed by atoms with Crippen molar-refractivity contribution in [2.24, 2.45) is 5.14 Å². The number of ether oxygens (including phenoxy) is 2. The molecule has 1 atom stereocenters. The number of benzene rings is 2. The van der Waals surface area contributed by atoms with E-state index >= 15 is 0 Å². The Morgan fingerprint density at radius 1 is 1.22 bits per heavy atom. The first-order valence-corrected chi connectivity index (χ1v) is 9.56. The number of carbonyl (C=O) groups excluding carboxylic acids is 1. The van der Waals surface area contributed by atoms with Crippen LogP contribution in [0, 0.1) is 11.3 Å². The van der Waals surface area contributed by atoms with E-state index in [-0.39, 0.29) is 4.90 Å². The summed E-state index contributed by atoms with van der Waals surface area (Å²) in [6.07, 6.45) is -0.866. The summed E-state index contributed by atoms with van der Waals surface area (Å²) in [5, 5.41) is 16.6.